The molecule has 0 unspecified atom stereocenters. The lowest BCUT2D eigenvalue weighted by atomic mass is 10.1. The molecule has 82 valence electrons. The second-order valence-corrected chi connectivity index (χ2v) is 3.77. The van der Waals surface area contributed by atoms with Crippen LogP contribution >= 0.6 is 12.1 Å². The van der Waals surface area contributed by atoms with Gasteiger partial charge in [-0.1, -0.05) is 24.3 Å². The van der Waals surface area contributed by atoms with Crippen molar-refractivity contribution in [3.63, 3.8) is 0 Å². The molecule has 0 heterocycles. The van der Waals surface area contributed by atoms with Crippen molar-refractivity contribution in [3.8, 4) is 0 Å². The van der Waals surface area contributed by atoms with E-state index in [2.05, 4.69) is 5.32 Å². The topological polar surface area (TPSA) is 61.9 Å². The standard InChI is InChI=1S/C10H14FN3S/c11-15-6-5-8-1-3-9(4-2-8)7-14-10(12)13/h1-4H,5-7H2,(H4,12,13,14). The average molecular weight is 227 g/mol. The van der Waals surface area contributed by atoms with Gasteiger partial charge in [0.1, 0.15) is 0 Å². The highest BCUT2D eigenvalue weighted by Crippen LogP contribution is 2.09. The molecular formula is C10H14FN3S. The van der Waals surface area contributed by atoms with Gasteiger partial charge in [-0.3, -0.25) is 5.41 Å². The highest BCUT2D eigenvalue weighted by molar-refractivity contribution is 7.94. The molecule has 4 N–H and O–H groups in total. The van der Waals surface area contributed by atoms with Gasteiger partial charge in [0, 0.05) is 24.4 Å². The summed E-state index contributed by atoms with van der Waals surface area (Å²) in [5.41, 5.74) is 7.34. The van der Waals surface area contributed by atoms with E-state index in [-0.39, 0.29) is 5.96 Å². The highest BCUT2D eigenvalue weighted by atomic mass is 32.2. The van der Waals surface area contributed by atoms with Crippen molar-refractivity contribution in [1.29, 1.82) is 5.41 Å². The van der Waals surface area contributed by atoms with Crippen LogP contribution in [0.1, 0.15) is 11.1 Å². The Morgan fingerprint density at radius 1 is 1.33 bits per heavy atom. The van der Waals surface area contributed by atoms with E-state index in [0.29, 0.717) is 24.4 Å². The Kier molecular flexibility index (Phi) is 4.97. The molecule has 3 nitrogen and oxygen atoms in total. The number of nitrogens with two attached hydrogens (primary N) is 1. The largest absolute Gasteiger partial charge is 0.370 e. The summed E-state index contributed by atoms with van der Waals surface area (Å²) in [5, 5.41) is 9.72. The monoisotopic (exact) mass is 227 g/mol. The first-order valence-electron chi connectivity index (χ1n) is 4.61. The number of guanidine groups is 1. The van der Waals surface area contributed by atoms with Crippen LogP contribution in [0.15, 0.2) is 24.3 Å². The van der Waals surface area contributed by atoms with Crippen LogP contribution in [0.25, 0.3) is 0 Å². The summed E-state index contributed by atoms with van der Waals surface area (Å²) in [6, 6.07) is 7.84. The maximum Gasteiger partial charge on any atom is 0.185 e. The third kappa shape index (κ3) is 4.69. The molecular weight excluding hydrogens is 213 g/mol. The molecule has 0 aromatic heterocycles. The summed E-state index contributed by atoms with van der Waals surface area (Å²) >= 11 is 0.358. The number of hydrogen-bond donors (Lipinski definition) is 3. The first-order valence-corrected chi connectivity index (χ1v) is 5.50. The summed E-state index contributed by atoms with van der Waals surface area (Å²) in [5.74, 6) is 0.457. The Bertz CT molecular complexity index is 313. The van der Waals surface area contributed by atoms with Crippen molar-refractivity contribution in [2.45, 2.75) is 13.0 Å². The van der Waals surface area contributed by atoms with Gasteiger partial charge in [0.15, 0.2) is 5.96 Å². The van der Waals surface area contributed by atoms with Gasteiger partial charge < -0.3 is 11.1 Å². The van der Waals surface area contributed by atoms with Crippen molar-refractivity contribution in [2.24, 2.45) is 5.73 Å². The molecule has 0 spiro atoms. The molecule has 1 rings (SSSR count). The second kappa shape index (κ2) is 6.29. The zero-order chi connectivity index (χ0) is 11.1. The van der Waals surface area contributed by atoms with E-state index < -0.39 is 0 Å². The summed E-state index contributed by atoms with van der Waals surface area (Å²) in [7, 11) is 0. The fourth-order valence-corrected chi connectivity index (χ4v) is 1.49. The van der Waals surface area contributed by atoms with Gasteiger partial charge in [-0.15, -0.1) is 0 Å². The maximum atomic E-state index is 11.8. The Morgan fingerprint density at radius 2 is 1.93 bits per heavy atom. The molecule has 0 bridgehead atoms. The van der Waals surface area contributed by atoms with Crippen LogP contribution in [0.3, 0.4) is 0 Å². The zero-order valence-corrected chi connectivity index (χ0v) is 9.11. The normalized spacial score (nSPS) is 9.93. The van der Waals surface area contributed by atoms with Crippen molar-refractivity contribution in [2.75, 3.05) is 5.75 Å². The minimum Gasteiger partial charge on any atom is -0.370 e. The lowest BCUT2D eigenvalue weighted by molar-refractivity contribution is 0.894. The van der Waals surface area contributed by atoms with Crippen molar-refractivity contribution < 1.29 is 3.89 Å². The van der Waals surface area contributed by atoms with E-state index in [1.54, 1.807) is 0 Å². The number of nitrogens with one attached hydrogen (secondary N) is 2. The number of aryl methyl sites for hydroxylation is 1. The predicted octanol–water partition coefficient (Wildman–Crippen LogP) is 1.83. The molecule has 0 aliphatic heterocycles. The molecule has 0 saturated heterocycles. The van der Waals surface area contributed by atoms with Gasteiger partial charge >= 0.3 is 0 Å². The van der Waals surface area contributed by atoms with Crippen LogP contribution in [0, 0.1) is 5.41 Å². The quantitative estimate of drug-likeness (QED) is 0.531. The third-order valence-electron chi connectivity index (χ3n) is 1.97. The van der Waals surface area contributed by atoms with Crippen molar-refractivity contribution in [3.05, 3.63) is 35.4 Å². The second-order valence-electron chi connectivity index (χ2n) is 3.15. The van der Waals surface area contributed by atoms with E-state index in [1.165, 1.54) is 0 Å². The molecule has 0 aliphatic rings. The molecule has 0 radical (unpaired) electrons. The fraction of sp³-hybridized carbons (Fsp3) is 0.300. The SMILES string of the molecule is N=C(N)NCc1ccc(CCSF)cc1. The van der Waals surface area contributed by atoms with E-state index in [1.807, 2.05) is 24.3 Å². The van der Waals surface area contributed by atoms with Crippen LogP contribution < -0.4 is 11.1 Å². The fourth-order valence-electron chi connectivity index (χ4n) is 1.18. The third-order valence-corrected chi connectivity index (χ3v) is 2.33. The molecule has 1 aromatic rings. The van der Waals surface area contributed by atoms with Crippen LogP contribution in [0.4, 0.5) is 3.89 Å². The minimum atomic E-state index is -0.0343. The number of rotatable bonds is 5. The molecule has 0 amide bonds. The van der Waals surface area contributed by atoms with Crippen LogP contribution in [0.2, 0.25) is 0 Å². The molecule has 5 heteroatoms. The van der Waals surface area contributed by atoms with Gasteiger partial charge in [0.25, 0.3) is 0 Å². The molecule has 1 aromatic carbocycles. The Labute approximate surface area is 93.1 Å². The lowest BCUT2D eigenvalue weighted by Gasteiger charge is -2.04. The van der Waals surface area contributed by atoms with Gasteiger partial charge in [0.2, 0.25) is 0 Å². The number of benzene rings is 1. The van der Waals surface area contributed by atoms with Gasteiger partial charge in [-0.2, -0.15) is 3.89 Å². The molecule has 0 atom stereocenters. The Hall–Kier alpha value is -1.23. The van der Waals surface area contributed by atoms with Gasteiger partial charge in [-0.05, 0) is 17.5 Å². The molecule has 0 saturated carbocycles. The van der Waals surface area contributed by atoms with E-state index in [0.717, 1.165) is 17.5 Å². The smallest absolute Gasteiger partial charge is 0.185 e. The number of halogens is 1. The lowest BCUT2D eigenvalue weighted by Crippen LogP contribution is -2.29. The summed E-state index contributed by atoms with van der Waals surface area (Å²) in [6.45, 7) is 0.549. The Morgan fingerprint density at radius 3 is 2.47 bits per heavy atom. The van der Waals surface area contributed by atoms with Crippen LogP contribution in [0.5, 0.6) is 0 Å². The summed E-state index contributed by atoms with van der Waals surface area (Å²) < 4.78 is 11.8. The molecule has 0 aliphatic carbocycles. The highest BCUT2D eigenvalue weighted by Gasteiger charge is 1.96. The predicted molar refractivity (Wildman–Crippen MR) is 62.5 cm³/mol. The Balaban J connectivity index is 2.45. The van der Waals surface area contributed by atoms with Crippen LogP contribution in [-0.2, 0) is 13.0 Å². The minimum absolute atomic E-state index is 0.0343. The van der Waals surface area contributed by atoms with Crippen molar-refractivity contribution >= 4 is 18.1 Å². The zero-order valence-electron chi connectivity index (χ0n) is 8.29. The first kappa shape index (κ1) is 11.8. The maximum absolute atomic E-state index is 11.8. The van der Waals surface area contributed by atoms with Gasteiger partial charge in [-0.25, -0.2) is 0 Å². The van der Waals surface area contributed by atoms with E-state index in [9.17, 15) is 3.89 Å². The van der Waals surface area contributed by atoms with Crippen molar-refractivity contribution in [1.82, 2.24) is 5.32 Å². The van der Waals surface area contributed by atoms with E-state index >= 15 is 0 Å². The average Bonchev–Trinajstić information content (AvgIpc) is 2.25. The molecule has 0 fully saturated rings. The molecule has 15 heavy (non-hydrogen) atoms. The summed E-state index contributed by atoms with van der Waals surface area (Å²) in [6.07, 6.45) is 0.738. The first-order chi connectivity index (χ1) is 7.22. The van der Waals surface area contributed by atoms with Gasteiger partial charge in [0.05, 0.1) is 0 Å². The summed E-state index contributed by atoms with van der Waals surface area (Å²) in [4.78, 5) is 0. The van der Waals surface area contributed by atoms with E-state index in [4.69, 9.17) is 11.1 Å². The van der Waals surface area contributed by atoms with Crippen LogP contribution in [-0.4, -0.2) is 11.7 Å². The number of hydrogen-bond acceptors (Lipinski definition) is 2.